The zero-order valence-electron chi connectivity index (χ0n) is 15.9. The van der Waals surface area contributed by atoms with Crippen LogP contribution < -0.4 is 4.90 Å². The van der Waals surface area contributed by atoms with Crippen LogP contribution in [0.1, 0.15) is 23.6 Å². The van der Waals surface area contributed by atoms with Gasteiger partial charge in [0.05, 0.1) is 15.8 Å². The number of thioether (sulfide) groups is 1. The van der Waals surface area contributed by atoms with E-state index in [-0.39, 0.29) is 11.2 Å². The molecule has 1 atom stereocenters. The fourth-order valence-corrected chi connectivity index (χ4v) is 4.17. The molecule has 0 fully saturated rings. The van der Waals surface area contributed by atoms with Gasteiger partial charge in [0.25, 0.3) is 0 Å². The standard InChI is InChI=1S/C22H24N2OS/c1-14-11-16(3)21-19(12-14)15(2)13-20(23-21)26-17(4)22(25)24(5)18-9-7-6-8-10-18/h6-13,17H,1-5H3. The Morgan fingerprint density at radius 2 is 1.73 bits per heavy atom. The van der Waals surface area contributed by atoms with E-state index in [1.807, 2.05) is 44.3 Å². The Labute approximate surface area is 159 Å². The highest BCUT2D eigenvalue weighted by atomic mass is 32.2. The van der Waals surface area contributed by atoms with Crippen molar-refractivity contribution in [1.29, 1.82) is 0 Å². The number of aromatic nitrogens is 1. The summed E-state index contributed by atoms with van der Waals surface area (Å²) in [4.78, 5) is 19.3. The van der Waals surface area contributed by atoms with Gasteiger partial charge in [0.2, 0.25) is 5.91 Å². The number of carbonyl (C=O) groups is 1. The highest BCUT2D eigenvalue weighted by Crippen LogP contribution is 2.30. The van der Waals surface area contributed by atoms with Gasteiger partial charge in [-0.15, -0.1) is 0 Å². The molecule has 1 aromatic heterocycles. The summed E-state index contributed by atoms with van der Waals surface area (Å²) in [7, 11) is 1.82. The molecule has 0 spiro atoms. The molecule has 26 heavy (non-hydrogen) atoms. The van der Waals surface area contributed by atoms with Gasteiger partial charge in [0, 0.05) is 18.1 Å². The van der Waals surface area contributed by atoms with Gasteiger partial charge in [-0.1, -0.05) is 41.6 Å². The molecule has 3 aromatic rings. The lowest BCUT2D eigenvalue weighted by Gasteiger charge is -2.21. The molecule has 0 saturated heterocycles. The van der Waals surface area contributed by atoms with Gasteiger partial charge in [-0.2, -0.15) is 0 Å². The summed E-state index contributed by atoms with van der Waals surface area (Å²) in [5.74, 6) is 0.0707. The number of benzene rings is 2. The van der Waals surface area contributed by atoms with Crippen molar-refractivity contribution in [3.63, 3.8) is 0 Å². The monoisotopic (exact) mass is 364 g/mol. The molecular weight excluding hydrogens is 340 g/mol. The quantitative estimate of drug-likeness (QED) is 0.589. The van der Waals surface area contributed by atoms with Crippen molar-refractivity contribution in [3.05, 3.63) is 65.2 Å². The molecule has 1 unspecified atom stereocenters. The average Bonchev–Trinajstić information content (AvgIpc) is 2.62. The minimum Gasteiger partial charge on any atom is -0.315 e. The SMILES string of the molecule is Cc1cc(C)c2nc(SC(C)C(=O)N(C)c3ccccc3)cc(C)c2c1. The van der Waals surface area contributed by atoms with Crippen LogP contribution in [0.15, 0.2) is 53.6 Å². The van der Waals surface area contributed by atoms with Crippen molar-refractivity contribution in [2.45, 2.75) is 38.0 Å². The van der Waals surface area contributed by atoms with Gasteiger partial charge in [-0.05, 0) is 63.1 Å². The Hall–Kier alpha value is -2.33. The van der Waals surface area contributed by atoms with Crippen molar-refractivity contribution >= 4 is 34.3 Å². The molecule has 0 aliphatic heterocycles. The number of nitrogens with zero attached hydrogens (tertiary/aromatic N) is 2. The van der Waals surface area contributed by atoms with Crippen molar-refractivity contribution in [1.82, 2.24) is 4.98 Å². The number of fused-ring (bicyclic) bond motifs is 1. The summed E-state index contributed by atoms with van der Waals surface area (Å²) >= 11 is 1.51. The number of rotatable bonds is 4. The van der Waals surface area contributed by atoms with Crippen molar-refractivity contribution in [2.24, 2.45) is 0 Å². The molecule has 0 radical (unpaired) electrons. The summed E-state index contributed by atoms with van der Waals surface area (Å²) in [6, 6.07) is 16.1. The second-order valence-corrected chi connectivity index (χ2v) is 8.11. The number of amides is 1. The predicted octanol–water partition coefficient (Wildman–Crippen LogP) is 5.30. The van der Waals surface area contributed by atoms with Gasteiger partial charge in [-0.25, -0.2) is 4.98 Å². The number of carbonyl (C=O) groups excluding carboxylic acids is 1. The molecule has 0 aliphatic carbocycles. The van der Waals surface area contributed by atoms with E-state index in [0.29, 0.717) is 0 Å². The van der Waals surface area contributed by atoms with Gasteiger partial charge in [0.15, 0.2) is 0 Å². The van der Waals surface area contributed by atoms with E-state index in [9.17, 15) is 4.79 Å². The van der Waals surface area contributed by atoms with Crippen LogP contribution in [0.5, 0.6) is 0 Å². The topological polar surface area (TPSA) is 33.2 Å². The van der Waals surface area contributed by atoms with Crippen LogP contribution >= 0.6 is 11.8 Å². The Morgan fingerprint density at radius 1 is 1.04 bits per heavy atom. The molecule has 134 valence electrons. The van der Waals surface area contributed by atoms with Crippen LogP contribution in [0, 0.1) is 20.8 Å². The lowest BCUT2D eigenvalue weighted by atomic mass is 10.0. The highest BCUT2D eigenvalue weighted by Gasteiger charge is 2.21. The van der Waals surface area contributed by atoms with Crippen molar-refractivity contribution in [3.8, 4) is 0 Å². The summed E-state index contributed by atoms with van der Waals surface area (Å²) in [6.07, 6.45) is 0. The highest BCUT2D eigenvalue weighted by molar-refractivity contribution is 8.00. The number of pyridine rings is 1. The minimum absolute atomic E-state index is 0.0707. The van der Waals surface area contributed by atoms with E-state index in [4.69, 9.17) is 4.98 Å². The maximum atomic E-state index is 12.8. The van der Waals surface area contributed by atoms with Gasteiger partial charge < -0.3 is 4.90 Å². The number of hydrogen-bond acceptors (Lipinski definition) is 3. The lowest BCUT2D eigenvalue weighted by molar-refractivity contribution is -0.117. The summed E-state index contributed by atoms with van der Waals surface area (Å²) in [5, 5.41) is 1.87. The van der Waals surface area contributed by atoms with E-state index >= 15 is 0 Å². The molecule has 0 aliphatic rings. The molecule has 3 nitrogen and oxygen atoms in total. The Morgan fingerprint density at radius 3 is 2.42 bits per heavy atom. The van der Waals surface area contributed by atoms with Gasteiger partial charge >= 0.3 is 0 Å². The van der Waals surface area contributed by atoms with Crippen LogP contribution in [0.3, 0.4) is 0 Å². The first-order chi connectivity index (χ1) is 12.4. The average molecular weight is 365 g/mol. The largest absolute Gasteiger partial charge is 0.315 e. The van der Waals surface area contributed by atoms with E-state index in [2.05, 4.69) is 39.0 Å². The predicted molar refractivity (Wildman–Crippen MR) is 111 cm³/mol. The Kier molecular flexibility index (Phi) is 5.33. The Bertz CT molecular complexity index is 953. The molecule has 0 N–H and O–H groups in total. The lowest BCUT2D eigenvalue weighted by Crippen LogP contribution is -2.33. The van der Waals surface area contributed by atoms with Gasteiger partial charge in [-0.3, -0.25) is 4.79 Å². The van der Waals surface area contributed by atoms with E-state index in [1.54, 1.807) is 4.90 Å². The minimum atomic E-state index is -0.213. The summed E-state index contributed by atoms with van der Waals surface area (Å²) in [5.41, 5.74) is 5.53. The van der Waals surface area contributed by atoms with Crippen LogP contribution in [-0.2, 0) is 4.79 Å². The van der Waals surface area contributed by atoms with Crippen LogP contribution in [0.25, 0.3) is 10.9 Å². The van der Waals surface area contributed by atoms with Crippen LogP contribution in [0.2, 0.25) is 0 Å². The molecule has 4 heteroatoms. The number of hydrogen-bond donors (Lipinski definition) is 0. The summed E-state index contributed by atoms with van der Waals surface area (Å²) < 4.78 is 0. The first-order valence-corrected chi connectivity index (χ1v) is 9.62. The third-order valence-electron chi connectivity index (χ3n) is 4.55. The molecule has 1 heterocycles. The normalized spacial score (nSPS) is 12.2. The molecule has 2 aromatic carbocycles. The van der Waals surface area contributed by atoms with E-state index in [0.717, 1.165) is 16.2 Å². The fraction of sp³-hybridized carbons (Fsp3) is 0.273. The van der Waals surface area contributed by atoms with Crippen molar-refractivity contribution in [2.75, 3.05) is 11.9 Å². The zero-order chi connectivity index (χ0) is 18.8. The molecular formula is C22H24N2OS. The second kappa shape index (κ2) is 7.50. The maximum Gasteiger partial charge on any atom is 0.239 e. The maximum absolute atomic E-state index is 12.8. The van der Waals surface area contributed by atoms with Gasteiger partial charge in [0.1, 0.15) is 0 Å². The first kappa shape index (κ1) is 18.5. The molecule has 1 amide bonds. The smallest absolute Gasteiger partial charge is 0.239 e. The van der Waals surface area contributed by atoms with Crippen LogP contribution in [-0.4, -0.2) is 23.2 Å². The first-order valence-electron chi connectivity index (χ1n) is 8.74. The number of anilines is 1. The number of aryl methyl sites for hydroxylation is 3. The Balaban J connectivity index is 1.85. The van der Waals surface area contributed by atoms with E-state index in [1.165, 1.54) is 33.8 Å². The molecule has 0 bridgehead atoms. The third kappa shape index (κ3) is 3.75. The third-order valence-corrected chi connectivity index (χ3v) is 5.56. The fourth-order valence-electron chi connectivity index (χ4n) is 3.16. The van der Waals surface area contributed by atoms with Crippen molar-refractivity contribution < 1.29 is 4.79 Å². The molecule has 0 saturated carbocycles. The number of para-hydroxylation sites is 1. The summed E-state index contributed by atoms with van der Waals surface area (Å²) in [6.45, 7) is 8.24. The second-order valence-electron chi connectivity index (χ2n) is 6.75. The molecule has 3 rings (SSSR count). The zero-order valence-corrected chi connectivity index (χ0v) is 16.7. The van der Waals surface area contributed by atoms with E-state index < -0.39 is 0 Å². The van der Waals surface area contributed by atoms with Crippen LogP contribution in [0.4, 0.5) is 5.69 Å².